The maximum absolute atomic E-state index is 12.9. The van der Waals surface area contributed by atoms with Crippen molar-refractivity contribution in [1.82, 2.24) is 5.32 Å². The third-order valence-corrected chi connectivity index (χ3v) is 4.65. The van der Waals surface area contributed by atoms with Crippen molar-refractivity contribution in [3.05, 3.63) is 53.6 Å². The van der Waals surface area contributed by atoms with Crippen LogP contribution in [-0.2, 0) is 4.79 Å². The first kappa shape index (κ1) is 17.9. The first-order valence-corrected chi connectivity index (χ1v) is 8.69. The molecular formula is C20H23N3O3. The maximum atomic E-state index is 12.9. The summed E-state index contributed by atoms with van der Waals surface area (Å²) in [5.41, 5.74) is 7.72. The van der Waals surface area contributed by atoms with Crippen LogP contribution in [0.4, 0.5) is 11.4 Å². The Morgan fingerprint density at radius 2 is 1.81 bits per heavy atom. The van der Waals surface area contributed by atoms with Gasteiger partial charge in [0.15, 0.2) is 5.78 Å². The number of amides is 1. The number of methoxy groups -OCH3 is 1. The van der Waals surface area contributed by atoms with Crippen LogP contribution in [0.1, 0.15) is 28.8 Å². The van der Waals surface area contributed by atoms with Gasteiger partial charge >= 0.3 is 0 Å². The van der Waals surface area contributed by atoms with Crippen LogP contribution in [0.2, 0.25) is 0 Å². The Labute approximate surface area is 152 Å². The number of nitrogens with two attached hydrogens (primary N) is 1. The van der Waals surface area contributed by atoms with Crippen LogP contribution < -0.4 is 21.1 Å². The van der Waals surface area contributed by atoms with E-state index in [1.165, 1.54) is 0 Å². The molecule has 1 aliphatic heterocycles. The molecule has 6 heteroatoms. The standard InChI is InChI=1S/C20H23N3O3/c1-26-15-7-5-13(6-8-15)19(24)16-3-2-4-17(21)18(16)23-20(25)14-9-11-22-12-10-14/h2-8,14,22H,9-12,21H2,1H3,(H,23,25). The molecule has 1 amide bonds. The molecule has 0 spiro atoms. The number of hydrogen-bond acceptors (Lipinski definition) is 5. The van der Waals surface area contributed by atoms with E-state index in [-0.39, 0.29) is 17.6 Å². The number of carbonyl (C=O) groups is 2. The minimum atomic E-state index is -0.194. The summed E-state index contributed by atoms with van der Waals surface area (Å²) in [6.07, 6.45) is 1.56. The number of rotatable bonds is 5. The molecule has 6 nitrogen and oxygen atoms in total. The van der Waals surface area contributed by atoms with Gasteiger partial charge in [-0.25, -0.2) is 0 Å². The van der Waals surface area contributed by atoms with Gasteiger partial charge in [-0.2, -0.15) is 0 Å². The Morgan fingerprint density at radius 3 is 2.46 bits per heavy atom. The number of ether oxygens (including phenoxy) is 1. The number of nitrogen functional groups attached to an aromatic ring is 1. The second-order valence-electron chi connectivity index (χ2n) is 6.34. The SMILES string of the molecule is COc1ccc(C(=O)c2cccc(N)c2NC(=O)C2CCNCC2)cc1. The van der Waals surface area contributed by atoms with Crippen molar-refractivity contribution in [2.24, 2.45) is 5.92 Å². The molecule has 0 radical (unpaired) electrons. The normalized spacial score (nSPS) is 14.7. The second kappa shape index (κ2) is 8.01. The quantitative estimate of drug-likeness (QED) is 0.567. The van der Waals surface area contributed by atoms with Crippen LogP contribution in [0.3, 0.4) is 0 Å². The summed E-state index contributed by atoms with van der Waals surface area (Å²) in [6, 6.07) is 11.9. The summed E-state index contributed by atoms with van der Waals surface area (Å²) in [7, 11) is 1.57. The average Bonchev–Trinajstić information content (AvgIpc) is 2.69. The van der Waals surface area contributed by atoms with E-state index in [4.69, 9.17) is 10.5 Å². The van der Waals surface area contributed by atoms with Gasteiger partial charge in [0.1, 0.15) is 5.75 Å². The van der Waals surface area contributed by atoms with E-state index in [9.17, 15) is 9.59 Å². The smallest absolute Gasteiger partial charge is 0.227 e. The number of nitrogens with one attached hydrogen (secondary N) is 2. The zero-order chi connectivity index (χ0) is 18.5. The number of hydrogen-bond donors (Lipinski definition) is 3. The van der Waals surface area contributed by atoms with E-state index in [1.807, 2.05) is 0 Å². The molecule has 0 aliphatic carbocycles. The van der Waals surface area contributed by atoms with E-state index in [0.29, 0.717) is 28.3 Å². The molecule has 4 N–H and O–H groups in total. The summed E-state index contributed by atoms with van der Waals surface area (Å²) >= 11 is 0. The molecule has 1 fully saturated rings. The maximum Gasteiger partial charge on any atom is 0.227 e. The number of carbonyl (C=O) groups excluding carboxylic acids is 2. The molecule has 0 atom stereocenters. The molecule has 2 aromatic carbocycles. The zero-order valence-corrected chi connectivity index (χ0v) is 14.7. The molecule has 1 aliphatic rings. The predicted octanol–water partition coefficient (Wildman–Crippen LogP) is 2.45. The molecular weight excluding hydrogens is 330 g/mol. The highest BCUT2D eigenvalue weighted by atomic mass is 16.5. The van der Waals surface area contributed by atoms with Gasteiger partial charge in [-0.15, -0.1) is 0 Å². The Bertz CT molecular complexity index is 796. The van der Waals surface area contributed by atoms with Crippen LogP contribution in [0.25, 0.3) is 0 Å². The van der Waals surface area contributed by atoms with Gasteiger partial charge in [0.25, 0.3) is 0 Å². The van der Waals surface area contributed by atoms with Crippen molar-refractivity contribution in [3.8, 4) is 5.75 Å². The zero-order valence-electron chi connectivity index (χ0n) is 14.7. The van der Waals surface area contributed by atoms with Crippen LogP contribution in [0.15, 0.2) is 42.5 Å². The van der Waals surface area contributed by atoms with Crippen molar-refractivity contribution >= 4 is 23.1 Å². The van der Waals surface area contributed by atoms with Gasteiger partial charge in [-0.05, 0) is 62.3 Å². The monoisotopic (exact) mass is 353 g/mol. The van der Waals surface area contributed by atoms with E-state index in [0.717, 1.165) is 25.9 Å². The van der Waals surface area contributed by atoms with Gasteiger partial charge < -0.3 is 21.1 Å². The molecule has 3 rings (SSSR count). The number of benzene rings is 2. The lowest BCUT2D eigenvalue weighted by molar-refractivity contribution is -0.120. The number of ketones is 1. The Balaban J connectivity index is 1.86. The molecule has 1 heterocycles. The van der Waals surface area contributed by atoms with Crippen molar-refractivity contribution in [1.29, 1.82) is 0 Å². The topological polar surface area (TPSA) is 93.4 Å². The highest BCUT2D eigenvalue weighted by Gasteiger charge is 2.24. The number of anilines is 2. The van der Waals surface area contributed by atoms with E-state index in [1.54, 1.807) is 49.6 Å². The predicted molar refractivity (Wildman–Crippen MR) is 102 cm³/mol. The van der Waals surface area contributed by atoms with Gasteiger partial charge in [-0.3, -0.25) is 9.59 Å². The molecule has 1 saturated heterocycles. The summed E-state index contributed by atoms with van der Waals surface area (Å²) < 4.78 is 5.12. The summed E-state index contributed by atoms with van der Waals surface area (Å²) in [4.78, 5) is 25.5. The lowest BCUT2D eigenvalue weighted by Crippen LogP contribution is -2.35. The lowest BCUT2D eigenvalue weighted by atomic mass is 9.96. The Morgan fingerprint density at radius 1 is 1.12 bits per heavy atom. The van der Waals surface area contributed by atoms with Crippen LogP contribution in [0.5, 0.6) is 5.75 Å². The first-order chi connectivity index (χ1) is 12.6. The van der Waals surface area contributed by atoms with Crippen molar-refractivity contribution < 1.29 is 14.3 Å². The van der Waals surface area contributed by atoms with Crippen LogP contribution in [0, 0.1) is 5.92 Å². The van der Waals surface area contributed by atoms with Gasteiger partial charge in [-0.1, -0.05) is 6.07 Å². The third kappa shape index (κ3) is 3.86. The minimum Gasteiger partial charge on any atom is -0.497 e. The van der Waals surface area contributed by atoms with Crippen molar-refractivity contribution in [2.75, 3.05) is 31.2 Å². The molecule has 0 saturated carbocycles. The molecule has 0 aromatic heterocycles. The molecule has 0 bridgehead atoms. The second-order valence-corrected chi connectivity index (χ2v) is 6.34. The fourth-order valence-electron chi connectivity index (χ4n) is 3.11. The van der Waals surface area contributed by atoms with Crippen LogP contribution in [-0.4, -0.2) is 31.9 Å². The van der Waals surface area contributed by atoms with Crippen molar-refractivity contribution in [2.45, 2.75) is 12.8 Å². The highest BCUT2D eigenvalue weighted by Crippen LogP contribution is 2.28. The van der Waals surface area contributed by atoms with E-state index >= 15 is 0 Å². The molecule has 26 heavy (non-hydrogen) atoms. The van der Waals surface area contributed by atoms with Gasteiger partial charge in [0.05, 0.1) is 18.5 Å². The first-order valence-electron chi connectivity index (χ1n) is 8.69. The molecule has 2 aromatic rings. The van der Waals surface area contributed by atoms with Crippen LogP contribution >= 0.6 is 0 Å². The summed E-state index contributed by atoms with van der Waals surface area (Å²) in [5, 5.41) is 6.12. The minimum absolute atomic E-state index is 0.0696. The fourth-order valence-corrected chi connectivity index (χ4v) is 3.11. The van der Waals surface area contributed by atoms with E-state index in [2.05, 4.69) is 10.6 Å². The highest BCUT2D eigenvalue weighted by molar-refractivity contribution is 6.15. The average molecular weight is 353 g/mol. The van der Waals surface area contributed by atoms with Crippen molar-refractivity contribution in [3.63, 3.8) is 0 Å². The Kier molecular flexibility index (Phi) is 5.53. The third-order valence-electron chi connectivity index (χ3n) is 4.65. The van der Waals surface area contributed by atoms with E-state index < -0.39 is 0 Å². The van der Waals surface area contributed by atoms with Gasteiger partial charge in [0, 0.05) is 17.0 Å². The number of piperidine rings is 1. The molecule has 0 unspecified atom stereocenters. The summed E-state index contributed by atoms with van der Waals surface area (Å²) in [5.74, 6) is 0.321. The fraction of sp³-hybridized carbons (Fsp3) is 0.300. The molecule has 136 valence electrons. The Hall–Kier alpha value is -2.86. The summed E-state index contributed by atoms with van der Waals surface area (Å²) in [6.45, 7) is 1.64. The number of para-hydroxylation sites is 1. The lowest BCUT2D eigenvalue weighted by Gasteiger charge is -2.23. The van der Waals surface area contributed by atoms with Gasteiger partial charge in [0.2, 0.25) is 5.91 Å². The largest absolute Gasteiger partial charge is 0.497 e.